The Morgan fingerprint density at radius 3 is 2.67 bits per heavy atom. The molecule has 2 fully saturated rings. The van der Waals surface area contributed by atoms with Gasteiger partial charge in [-0.05, 0) is 32.1 Å². The van der Waals surface area contributed by atoms with Crippen molar-refractivity contribution in [2.24, 2.45) is 11.8 Å². The summed E-state index contributed by atoms with van der Waals surface area (Å²) >= 11 is 0. The van der Waals surface area contributed by atoms with E-state index in [1.54, 1.807) is 0 Å². The molecular formula is C11H22N+. The summed E-state index contributed by atoms with van der Waals surface area (Å²) < 4.78 is 0. The summed E-state index contributed by atoms with van der Waals surface area (Å²) in [6.45, 7) is 4.85. The highest BCUT2D eigenvalue weighted by Gasteiger charge is 2.37. The standard InChI is InChI=1S/C11H21N/c1-8-7-9(2)12-11-6-4-3-5-10(8)11/h8-12H,3-7H2,1-2H3/p+1. The van der Waals surface area contributed by atoms with Crippen molar-refractivity contribution in [1.82, 2.24) is 0 Å². The number of rotatable bonds is 0. The first-order valence-corrected chi connectivity index (χ1v) is 5.62. The molecule has 70 valence electrons. The van der Waals surface area contributed by atoms with Gasteiger partial charge in [0.1, 0.15) is 0 Å². The van der Waals surface area contributed by atoms with Crippen molar-refractivity contribution >= 4 is 0 Å². The molecule has 2 rings (SSSR count). The van der Waals surface area contributed by atoms with Gasteiger partial charge in [0.05, 0.1) is 12.1 Å². The molecule has 4 unspecified atom stereocenters. The van der Waals surface area contributed by atoms with Gasteiger partial charge < -0.3 is 5.32 Å². The summed E-state index contributed by atoms with van der Waals surface area (Å²) in [4.78, 5) is 0. The van der Waals surface area contributed by atoms with Crippen LogP contribution < -0.4 is 5.32 Å². The Morgan fingerprint density at radius 1 is 1.08 bits per heavy atom. The lowest BCUT2D eigenvalue weighted by Gasteiger charge is -2.40. The number of fused-ring (bicyclic) bond motifs is 1. The highest BCUT2D eigenvalue weighted by atomic mass is 15.0. The molecule has 1 nitrogen and oxygen atoms in total. The van der Waals surface area contributed by atoms with Gasteiger partial charge in [-0.2, -0.15) is 0 Å². The highest BCUT2D eigenvalue weighted by Crippen LogP contribution is 2.32. The van der Waals surface area contributed by atoms with Crippen molar-refractivity contribution in [3.8, 4) is 0 Å². The van der Waals surface area contributed by atoms with Crippen molar-refractivity contribution in [2.45, 2.75) is 58.0 Å². The van der Waals surface area contributed by atoms with Crippen molar-refractivity contribution in [2.75, 3.05) is 0 Å². The molecule has 1 heteroatoms. The molecular weight excluding hydrogens is 146 g/mol. The predicted octanol–water partition coefficient (Wildman–Crippen LogP) is 1.54. The molecule has 1 saturated heterocycles. The van der Waals surface area contributed by atoms with Crippen molar-refractivity contribution in [3.63, 3.8) is 0 Å². The second kappa shape index (κ2) is 3.37. The second-order valence-electron chi connectivity index (χ2n) is 4.99. The van der Waals surface area contributed by atoms with Gasteiger partial charge in [-0.25, -0.2) is 0 Å². The van der Waals surface area contributed by atoms with Crippen molar-refractivity contribution < 1.29 is 5.32 Å². The molecule has 0 bridgehead atoms. The maximum atomic E-state index is 2.64. The van der Waals surface area contributed by atoms with Crippen LogP contribution in [0.5, 0.6) is 0 Å². The van der Waals surface area contributed by atoms with Crippen LogP contribution in [0.15, 0.2) is 0 Å². The van der Waals surface area contributed by atoms with Gasteiger partial charge in [-0.3, -0.25) is 0 Å². The minimum Gasteiger partial charge on any atom is -0.341 e. The first-order valence-electron chi connectivity index (χ1n) is 5.62. The molecule has 1 saturated carbocycles. The Bertz CT molecular complexity index is 155. The maximum absolute atomic E-state index is 2.64. The molecule has 1 aliphatic carbocycles. The third kappa shape index (κ3) is 1.52. The number of nitrogens with two attached hydrogens (primary N) is 1. The summed E-state index contributed by atoms with van der Waals surface area (Å²) in [5, 5.41) is 2.64. The van der Waals surface area contributed by atoms with E-state index in [-0.39, 0.29) is 0 Å². The van der Waals surface area contributed by atoms with Gasteiger partial charge in [0.15, 0.2) is 0 Å². The molecule has 0 aromatic heterocycles. The molecule has 1 heterocycles. The quantitative estimate of drug-likeness (QED) is 0.565. The van der Waals surface area contributed by atoms with Crippen LogP contribution in [0.4, 0.5) is 0 Å². The fourth-order valence-electron chi connectivity index (χ4n) is 3.40. The van der Waals surface area contributed by atoms with Crippen molar-refractivity contribution in [1.29, 1.82) is 0 Å². The predicted molar refractivity (Wildman–Crippen MR) is 50.9 cm³/mol. The fraction of sp³-hybridized carbons (Fsp3) is 1.00. The molecule has 4 atom stereocenters. The zero-order valence-corrected chi connectivity index (χ0v) is 8.42. The molecule has 0 radical (unpaired) electrons. The van der Waals surface area contributed by atoms with Crippen LogP contribution in [0.25, 0.3) is 0 Å². The fourth-order valence-corrected chi connectivity index (χ4v) is 3.40. The Hall–Kier alpha value is -0.0400. The molecule has 0 aromatic rings. The summed E-state index contributed by atoms with van der Waals surface area (Å²) in [5.41, 5.74) is 0. The minimum absolute atomic E-state index is 0.888. The number of hydrogen-bond acceptors (Lipinski definition) is 0. The van der Waals surface area contributed by atoms with E-state index >= 15 is 0 Å². The van der Waals surface area contributed by atoms with Crippen LogP contribution in [0.2, 0.25) is 0 Å². The van der Waals surface area contributed by atoms with Crippen LogP contribution >= 0.6 is 0 Å². The summed E-state index contributed by atoms with van der Waals surface area (Å²) in [6, 6.07) is 1.87. The molecule has 0 aromatic carbocycles. The zero-order chi connectivity index (χ0) is 8.55. The van der Waals surface area contributed by atoms with Crippen LogP contribution in [-0.2, 0) is 0 Å². The molecule has 12 heavy (non-hydrogen) atoms. The average molecular weight is 168 g/mol. The molecule has 2 aliphatic rings. The number of piperidine rings is 1. The van der Waals surface area contributed by atoms with E-state index in [0.717, 1.165) is 23.9 Å². The third-order valence-corrected chi connectivity index (χ3v) is 3.93. The smallest absolute Gasteiger partial charge is 0.0892 e. The number of hydrogen-bond donors (Lipinski definition) is 1. The minimum atomic E-state index is 0.888. The first-order chi connectivity index (χ1) is 5.77. The topological polar surface area (TPSA) is 16.6 Å². The van der Waals surface area contributed by atoms with E-state index in [1.165, 1.54) is 32.1 Å². The first kappa shape index (κ1) is 8.55. The monoisotopic (exact) mass is 168 g/mol. The van der Waals surface area contributed by atoms with Crippen LogP contribution in [0, 0.1) is 11.8 Å². The SMILES string of the molecule is CC1CC(C)C2CCCCC2[NH2+]1. The van der Waals surface area contributed by atoms with Crippen LogP contribution in [0.1, 0.15) is 46.0 Å². The number of quaternary nitrogens is 1. The van der Waals surface area contributed by atoms with E-state index in [0.29, 0.717) is 0 Å². The van der Waals surface area contributed by atoms with E-state index in [9.17, 15) is 0 Å². The average Bonchev–Trinajstić information content (AvgIpc) is 2.04. The molecule has 1 aliphatic heterocycles. The van der Waals surface area contributed by atoms with E-state index in [1.807, 2.05) is 0 Å². The van der Waals surface area contributed by atoms with Gasteiger partial charge in [0.25, 0.3) is 0 Å². The van der Waals surface area contributed by atoms with Crippen LogP contribution in [-0.4, -0.2) is 12.1 Å². The zero-order valence-electron chi connectivity index (χ0n) is 8.42. The largest absolute Gasteiger partial charge is 0.341 e. The van der Waals surface area contributed by atoms with Gasteiger partial charge in [0, 0.05) is 12.3 Å². The van der Waals surface area contributed by atoms with Gasteiger partial charge in [0.2, 0.25) is 0 Å². The summed E-state index contributed by atoms with van der Waals surface area (Å²) in [7, 11) is 0. The van der Waals surface area contributed by atoms with E-state index < -0.39 is 0 Å². The lowest BCUT2D eigenvalue weighted by atomic mass is 9.72. The maximum Gasteiger partial charge on any atom is 0.0892 e. The normalized spacial score (nSPS) is 48.5. The van der Waals surface area contributed by atoms with E-state index in [2.05, 4.69) is 19.2 Å². The molecule has 0 spiro atoms. The van der Waals surface area contributed by atoms with Crippen LogP contribution in [0.3, 0.4) is 0 Å². The Labute approximate surface area is 75.9 Å². The van der Waals surface area contributed by atoms with Gasteiger partial charge >= 0.3 is 0 Å². The third-order valence-electron chi connectivity index (χ3n) is 3.93. The van der Waals surface area contributed by atoms with Gasteiger partial charge in [-0.15, -0.1) is 0 Å². The second-order valence-corrected chi connectivity index (χ2v) is 4.99. The highest BCUT2D eigenvalue weighted by molar-refractivity contribution is 4.82. The lowest BCUT2D eigenvalue weighted by molar-refractivity contribution is -0.738. The van der Waals surface area contributed by atoms with Gasteiger partial charge in [-0.1, -0.05) is 13.3 Å². The molecule has 2 N–H and O–H groups in total. The van der Waals surface area contributed by atoms with E-state index in [4.69, 9.17) is 0 Å². The Morgan fingerprint density at radius 2 is 1.83 bits per heavy atom. The Balaban J connectivity index is 2.01. The Kier molecular flexibility index (Phi) is 2.40. The van der Waals surface area contributed by atoms with Crippen molar-refractivity contribution in [3.05, 3.63) is 0 Å². The summed E-state index contributed by atoms with van der Waals surface area (Å²) in [5.74, 6) is 2.05. The molecule has 0 amide bonds. The summed E-state index contributed by atoms with van der Waals surface area (Å²) in [6.07, 6.45) is 7.42. The lowest BCUT2D eigenvalue weighted by Crippen LogP contribution is -2.98.